The zero-order valence-electron chi connectivity index (χ0n) is 11.8. The molecule has 2 aromatic rings. The van der Waals surface area contributed by atoms with Crippen LogP contribution in [-0.2, 0) is 0 Å². The second-order valence-corrected chi connectivity index (χ2v) is 5.88. The van der Waals surface area contributed by atoms with Crippen LogP contribution in [0.3, 0.4) is 0 Å². The van der Waals surface area contributed by atoms with Crippen molar-refractivity contribution in [1.29, 1.82) is 0 Å². The van der Waals surface area contributed by atoms with Crippen molar-refractivity contribution in [3.63, 3.8) is 0 Å². The SMILES string of the molecule is CCOc1ccc(NC(C)c2ccc(F)c(Br)c2)cc1Cl. The maximum atomic E-state index is 13.3. The van der Waals surface area contributed by atoms with Crippen molar-refractivity contribution in [2.75, 3.05) is 11.9 Å². The summed E-state index contributed by atoms with van der Waals surface area (Å²) in [7, 11) is 0. The van der Waals surface area contributed by atoms with Gasteiger partial charge in [-0.1, -0.05) is 17.7 Å². The molecular formula is C16H16BrClFNO. The molecule has 0 aliphatic heterocycles. The van der Waals surface area contributed by atoms with E-state index in [0.717, 1.165) is 11.3 Å². The summed E-state index contributed by atoms with van der Waals surface area (Å²) < 4.78 is 19.1. The summed E-state index contributed by atoms with van der Waals surface area (Å²) in [5.41, 5.74) is 1.87. The predicted molar refractivity (Wildman–Crippen MR) is 88.8 cm³/mol. The molecule has 1 unspecified atom stereocenters. The van der Waals surface area contributed by atoms with Crippen LogP contribution in [0, 0.1) is 5.82 Å². The van der Waals surface area contributed by atoms with Crippen molar-refractivity contribution in [3.8, 4) is 5.75 Å². The molecule has 0 bridgehead atoms. The maximum Gasteiger partial charge on any atom is 0.138 e. The van der Waals surface area contributed by atoms with Crippen molar-refractivity contribution in [1.82, 2.24) is 0 Å². The van der Waals surface area contributed by atoms with Crippen molar-refractivity contribution in [2.24, 2.45) is 0 Å². The Kier molecular flexibility index (Phi) is 5.48. The first-order valence-corrected chi connectivity index (χ1v) is 7.82. The minimum absolute atomic E-state index is 0.0240. The van der Waals surface area contributed by atoms with Crippen LogP contribution in [0.5, 0.6) is 5.75 Å². The topological polar surface area (TPSA) is 21.3 Å². The molecule has 1 N–H and O–H groups in total. The van der Waals surface area contributed by atoms with Crippen LogP contribution >= 0.6 is 27.5 Å². The summed E-state index contributed by atoms with van der Waals surface area (Å²) in [6.07, 6.45) is 0. The highest BCUT2D eigenvalue weighted by Crippen LogP contribution is 2.30. The third-order valence-corrected chi connectivity index (χ3v) is 3.96. The van der Waals surface area contributed by atoms with Gasteiger partial charge in [-0.15, -0.1) is 0 Å². The standard InChI is InChI=1S/C16H16BrClFNO/c1-3-21-16-7-5-12(9-14(16)18)20-10(2)11-4-6-15(19)13(17)8-11/h4-10,20H,3H2,1-2H3. The number of ether oxygens (including phenoxy) is 1. The molecule has 5 heteroatoms. The van der Waals surface area contributed by atoms with Gasteiger partial charge in [-0.05, 0) is 65.7 Å². The van der Waals surface area contributed by atoms with Crippen molar-refractivity contribution in [2.45, 2.75) is 19.9 Å². The van der Waals surface area contributed by atoms with Crippen molar-refractivity contribution in [3.05, 3.63) is 57.3 Å². The van der Waals surface area contributed by atoms with Gasteiger partial charge in [0.05, 0.1) is 16.1 Å². The number of rotatable bonds is 5. The normalized spacial score (nSPS) is 12.0. The third kappa shape index (κ3) is 4.11. The Morgan fingerprint density at radius 1 is 1.29 bits per heavy atom. The summed E-state index contributed by atoms with van der Waals surface area (Å²) in [4.78, 5) is 0. The Labute approximate surface area is 137 Å². The first-order valence-electron chi connectivity index (χ1n) is 6.65. The Hall–Kier alpha value is -1.26. The Morgan fingerprint density at radius 2 is 2.05 bits per heavy atom. The zero-order valence-corrected chi connectivity index (χ0v) is 14.1. The molecule has 2 rings (SSSR count). The van der Waals surface area contributed by atoms with E-state index in [1.807, 2.05) is 32.0 Å². The molecule has 0 fully saturated rings. The van der Waals surface area contributed by atoms with E-state index in [9.17, 15) is 4.39 Å². The van der Waals surface area contributed by atoms with Crippen molar-refractivity contribution < 1.29 is 9.13 Å². The Bertz CT molecular complexity index is 636. The molecule has 1 atom stereocenters. The van der Waals surface area contributed by atoms with E-state index in [0.29, 0.717) is 21.9 Å². The minimum Gasteiger partial charge on any atom is -0.492 e. The lowest BCUT2D eigenvalue weighted by Crippen LogP contribution is -2.07. The largest absolute Gasteiger partial charge is 0.492 e. The lowest BCUT2D eigenvalue weighted by molar-refractivity contribution is 0.340. The van der Waals surface area contributed by atoms with Crippen LogP contribution in [0.25, 0.3) is 0 Å². The van der Waals surface area contributed by atoms with Gasteiger partial charge in [0.25, 0.3) is 0 Å². The monoisotopic (exact) mass is 371 g/mol. The summed E-state index contributed by atoms with van der Waals surface area (Å²) in [6.45, 7) is 4.49. The fourth-order valence-corrected chi connectivity index (χ4v) is 2.61. The van der Waals surface area contributed by atoms with E-state index in [-0.39, 0.29) is 11.9 Å². The highest BCUT2D eigenvalue weighted by atomic mass is 79.9. The second kappa shape index (κ2) is 7.14. The van der Waals surface area contributed by atoms with Gasteiger partial charge >= 0.3 is 0 Å². The van der Waals surface area contributed by atoms with E-state index in [1.54, 1.807) is 12.1 Å². The van der Waals surface area contributed by atoms with Gasteiger partial charge in [0.2, 0.25) is 0 Å². The average Bonchev–Trinajstić information content (AvgIpc) is 2.45. The zero-order chi connectivity index (χ0) is 15.4. The quantitative estimate of drug-likeness (QED) is 0.714. The molecule has 0 aromatic heterocycles. The van der Waals surface area contributed by atoms with Gasteiger partial charge in [0.15, 0.2) is 0 Å². The highest BCUT2D eigenvalue weighted by molar-refractivity contribution is 9.10. The molecule has 0 aliphatic carbocycles. The number of anilines is 1. The van der Waals surface area contributed by atoms with E-state index in [4.69, 9.17) is 16.3 Å². The van der Waals surface area contributed by atoms with E-state index in [2.05, 4.69) is 21.2 Å². The van der Waals surface area contributed by atoms with Crippen LogP contribution in [0.2, 0.25) is 5.02 Å². The minimum atomic E-state index is -0.268. The lowest BCUT2D eigenvalue weighted by atomic mass is 10.1. The molecule has 0 saturated carbocycles. The van der Waals surface area contributed by atoms with Crippen LogP contribution in [0.4, 0.5) is 10.1 Å². The van der Waals surface area contributed by atoms with Gasteiger partial charge in [-0.25, -0.2) is 4.39 Å². The molecule has 0 heterocycles. The molecule has 112 valence electrons. The van der Waals surface area contributed by atoms with Crippen LogP contribution in [-0.4, -0.2) is 6.61 Å². The van der Waals surface area contributed by atoms with E-state index in [1.165, 1.54) is 6.07 Å². The third-order valence-electron chi connectivity index (χ3n) is 3.06. The van der Waals surface area contributed by atoms with Gasteiger partial charge in [-0.3, -0.25) is 0 Å². The maximum absolute atomic E-state index is 13.3. The molecular weight excluding hydrogens is 357 g/mol. The van der Waals surface area contributed by atoms with Crippen LogP contribution in [0.15, 0.2) is 40.9 Å². The summed E-state index contributed by atoms with van der Waals surface area (Å²) in [5.74, 6) is 0.400. The first-order chi connectivity index (χ1) is 10.0. The number of halogens is 3. The fraction of sp³-hybridized carbons (Fsp3) is 0.250. The highest BCUT2D eigenvalue weighted by Gasteiger charge is 2.09. The van der Waals surface area contributed by atoms with Crippen molar-refractivity contribution >= 4 is 33.2 Å². The van der Waals surface area contributed by atoms with Gasteiger partial charge in [0.1, 0.15) is 11.6 Å². The lowest BCUT2D eigenvalue weighted by Gasteiger charge is -2.17. The molecule has 0 amide bonds. The number of hydrogen-bond donors (Lipinski definition) is 1. The fourth-order valence-electron chi connectivity index (χ4n) is 1.98. The molecule has 21 heavy (non-hydrogen) atoms. The molecule has 0 aliphatic rings. The molecule has 2 nitrogen and oxygen atoms in total. The number of nitrogens with one attached hydrogen (secondary N) is 1. The van der Waals surface area contributed by atoms with E-state index < -0.39 is 0 Å². The van der Waals surface area contributed by atoms with E-state index >= 15 is 0 Å². The molecule has 0 saturated heterocycles. The Balaban J connectivity index is 2.13. The van der Waals surface area contributed by atoms with Crippen LogP contribution < -0.4 is 10.1 Å². The first kappa shape index (κ1) is 16.1. The van der Waals surface area contributed by atoms with Gasteiger partial charge in [-0.2, -0.15) is 0 Å². The molecule has 0 spiro atoms. The van der Waals surface area contributed by atoms with Crippen LogP contribution in [0.1, 0.15) is 25.5 Å². The summed E-state index contributed by atoms with van der Waals surface area (Å²) in [6, 6.07) is 10.6. The molecule has 2 aromatic carbocycles. The Morgan fingerprint density at radius 3 is 2.67 bits per heavy atom. The second-order valence-electron chi connectivity index (χ2n) is 4.62. The van der Waals surface area contributed by atoms with Gasteiger partial charge in [0, 0.05) is 11.7 Å². The number of benzene rings is 2. The smallest absolute Gasteiger partial charge is 0.138 e. The average molecular weight is 373 g/mol. The predicted octanol–water partition coefficient (Wildman–Crippen LogP) is 5.81. The summed E-state index contributed by atoms with van der Waals surface area (Å²) in [5, 5.41) is 3.90. The molecule has 0 radical (unpaired) electrons. The summed E-state index contributed by atoms with van der Waals surface area (Å²) >= 11 is 9.36. The van der Waals surface area contributed by atoms with Gasteiger partial charge < -0.3 is 10.1 Å². The number of hydrogen-bond acceptors (Lipinski definition) is 2.